The number of aromatic nitrogens is 1. The smallest absolute Gasteiger partial charge is 0.188 e. The molecule has 1 aromatic heterocycles. The lowest BCUT2D eigenvalue weighted by atomic mass is 10.2. The highest BCUT2D eigenvalue weighted by atomic mass is 127. The Morgan fingerprint density at radius 3 is 3.00 bits per heavy atom. The van der Waals surface area contributed by atoms with E-state index in [0.717, 1.165) is 32.6 Å². The lowest BCUT2D eigenvalue weighted by Gasteiger charge is -2.20. The number of rotatable bonds is 7. The van der Waals surface area contributed by atoms with Gasteiger partial charge in [-0.25, -0.2) is 0 Å². The molecule has 1 unspecified atom stereocenters. The summed E-state index contributed by atoms with van der Waals surface area (Å²) in [5, 5.41) is 4.54. The number of likely N-dealkylation sites (tertiary alicyclic amines) is 1. The van der Waals surface area contributed by atoms with Crippen LogP contribution in [-0.4, -0.2) is 47.6 Å². The molecular weight excluding hydrogens is 425 g/mol. The van der Waals surface area contributed by atoms with Crippen LogP contribution in [0.25, 0.3) is 10.9 Å². The van der Waals surface area contributed by atoms with E-state index in [0.29, 0.717) is 12.0 Å². The second-order valence-corrected chi connectivity index (χ2v) is 6.50. The minimum absolute atomic E-state index is 0. The Labute approximate surface area is 167 Å². The summed E-state index contributed by atoms with van der Waals surface area (Å²) < 4.78 is 2.29. The van der Waals surface area contributed by atoms with Crippen LogP contribution in [0.1, 0.15) is 26.2 Å². The standard InChI is InChI=1S/C19H29N5.HI/c1-2-23-12-5-8-17(23)15-22-19(20)21-11-6-13-24-14-10-16-7-3-4-9-18(16)24;/h3-4,7,9-10,14,17H,2,5-6,8,11-13,15H2,1H3,(H3,20,21,22);1H. The number of fused-ring (bicyclic) bond motifs is 1. The monoisotopic (exact) mass is 455 g/mol. The van der Waals surface area contributed by atoms with Crippen LogP contribution >= 0.6 is 24.0 Å². The molecule has 0 aliphatic carbocycles. The maximum absolute atomic E-state index is 6.00. The van der Waals surface area contributed by atoms with Crippen molar-refractivity contribution >= 4 is 40.8 Å². The molecule has 1 aliphatic heterocycles. The maximum Gasteiger partial charge on any atom is 0.188 e. The number of hydrogen-bond acceptors (Lipinski definition) is 2. The highest BCUT2D eigenvalue weighted by molar-refractivity contribution is 14.0. The molecule has 0 radical (unpaired) electrons. The third kappa shape index (κ3) is 5.34. The van der Waals surface area contributed by atoms with E-state index in [1.54, 1.807) is 0 Å². The van der Waals surface area contributed by atoms with Gasteiger partial charge in [0.1, 0.15) is 0 Å². The molecule has 0 saturated carbocycles. The van der Waals surface area contributed by atoms with E-state index in [2.05, 4.69) is 63.2 Å². The van der Waals surface area contributed by atoms with Crippen molar-refractivity contribution in [3.63, 3.8) is 0 Å². The van der Waals surface area contributed by atoms with Crippen LogP contribution in [0, 0.1) is 0 Å². The minimum Gasteiger partial charge on any atom is -0.370 e. The number of aliphatic imine (C=N–C) groups is 1. The fourth-order valence-electron chi connectivity index (χ4n) is 3.58. The zero-order chi connectivity index (χ0) is 16.8. The van der Waals surface area contributed by atoms with Gasteiger partial charge in [0, 0.05) is 30.8 Å². The molecule has 1 aromatic carbocycles. The molecule has 2 heterocycles. The molecule has 1 saturated heterocycles. The van der Waals surface area contributed by atoms with Crippen LogP contribution < -0.4 is 11.1 Å². The predicted octanol–water partition coefficient (Wildman–Crippen LogP) is 3.04. The summed E-state index contributed by atoms with van der Waals surface area (Å²) in [5.41, 5.74) is 7.29. The van der Waals surface area contributed by atoms with Crippen molar-refractivity contribution in [3.8, 4) is 0 Å². The first kappa shape index (κ1) is 20.0. The molecule has 1 atom stereocenters. The summed E-state index contributed by atoms with van der Waals surface area (Å²) in [7, 11) is 0. The first-order valence-electron chi connectivity index (χ1n) is 9.09. The highest BCUT2D eigenvalue weighted by Gasteiger charge is 2.22. The highest BCUT2D eigenvalue weighted by Crippen LogP contribution is 2.16. The number of para-hydroxylation sites is 1. The number of likely N-dealkylation sites (N-methyl/N-ethyl adjacent to an activating group) is 1. The summed E-state index contributed by atoms with van der Waals surface area (Å²) in [4.78, 5) is 7.02. The van der Waals surface area contributed by atoms with Crippen molar-refractivity contribution in [1.82, 2.24) is 14.8 Å². The van der Waals surface area contributed by atoms with Crippen molar-refractivity contribution in [2.45, 2.75) is 38.8 Å². The van der Waals surface area contributed by atoms with Gasteiger partial charge >= 0.3 is 0 Å². The van der Waals surface area contributed by atoms with Crippen LogP contribution in [-0.2, 0) is 6.54 Å². The van der Waals surface area contributed by atoms with Crippen molar-refractivity contribution < 1.29 is 0 Å². The minimum atomic E-state index is 0. The fraction of sp³-hybridized carbons (Fsp3) is 0.526. The number of nitrogens with one attached hydrogen (secondary N) is 1. The molecule has 0 amide bonds. The molecule has 25 heavy (non-hydrogen) atoms. The normalized spacial score (nSPS) is 18.4. The zero-order valence-electron chi connectivity index (χ0n) is 15.0. The Morgan fingerprint density at radius 2 is 2.16 bits per heavy atom. The average molecular weight is 455 g/mol. The van der Waals surface area contributed by atoms with E-state index >= 15 is 0 Å². The van der Waals surface area contributed by atoms with Gasteiger partial charge in [-0.2, -0.15) is 0 Å². The number of hydrogen-bond donors (Lipinski definition) is 2. The Hall–Kier alpha value is -1.28. The van der Waals surface area contributed by atoms with Crippen LogP contribution in [0.4, 0.5) is 0 Å². The quantitative estimate of drug-likeness (QED) is 0.292. The van der Waals surface area contributed by atoms with Crippen molar-refractivity contribution in [2.75, 3.05) is 26.2 Å². The van der Waals surface area contributed by atoms with Crippen molar-refractivity contribution in [1.29, 1.82) is 0 Å². The molecule has 0 spiro atoms. The molecule has 3 N–H and O–H groups in total. The first-order valence-corrected chi connectivity index (χ1v) is 9.09. The van der Waals surface area contributed by atoms with Gasteiger partial charge in [-0.3, -0.25) is 9.89 Å². The molecule has 3 rings (SSSR count). The van der Waals surface area contributed by atoms with Gasteiger partial charge in [-0.05, 0) is 49.9 Å². The summed E-state index contributed by atoms with van der Waals surface area (Å²) in [6.45, 7) is 7.18. The molecule has 6 heteroatoms. The number of nitrogens with zero attached hydrogens (tertiary/aromatic N) is 3. The molecule has 1 fully saturated rings. The first-order chi connectivity index (χ1) is 11.8. The lowest BCUT2D eigenvalue weighted by Crippen LogP contribution is -2.36. The Morgan fingerprint density at radius 1 is 1.32 bits per heavy atom. The van der Waals surface area contributed by atoms with Gasteiger partial charge in [0.2, 0.25) is 0 Å². The number of aryl methyl sites for hydroxylation is 1. The lowest BCUT2D eigenvalue weighted by molar-refractivity contribution is 0.273. The zero-order valence-corrected chi connectivity index (χ0v) is 17.4. The van der Waals surface area contributed by atoms with Crippen LogP contribution in [0.2, 0.25) is 0 Å². The predicted molar refractivity (Wildman–Crippen MR) is 117 cm³/mol. The number of guanidine groups is 1. The van der Waals surface area contributed by atoms with E-state index in [-0.39, 0.29) is 24.0 Å². The van der Waals surface area contributed by atoms with Gasteiger partial charge in [-0.1, -0.05) is 25.1 Å². The summed E-state index contributed by atoms with van der Waals surface area (Å²) in [6.07, 6.45) is 5.71. The van der Waals surface area contributed by atoms with Gasteiger partial charge in [0.25, 0.3) is 0 Å². The van der Waals surface area contributed by atoms with Gasteiger partial charge in [0.15, 0.2) is 5.96 Å². The van der Waals surface area contributed by atoms with E-state index in [1.807, 2.05) is 0 Å². The van der Waals surface area contributed by atoms with Gasteiger partial charge in [0.05, 0.1) is 6.54 Å². The van der Waals surface area contributed by atoms with Gasteiger partial charge < -0.3 is 15.6 Å². The summed E-state index contributed by atoms with van der Waals surface area (Å²) >= 11 is 0. The summed E-state index contributed by atoms with van der Waals surface area (Å²) in [6, 6.07) is 11.2. The Kier molecular flexibility index (Phi) is 8.02. The van der Waals surface area contributed by atoms with E-state index < -0.39 is 0 Å². The molecule has 0 bridgehead atoms. The second kappa shape index (κ2) is 10.0. The van der Waals surface area contributed by atoms with Crippen molar-refractivity contribution in [2.24, 2.45) is 10.7 Å². The number of benzene rings is 1. The van der Waals surface area contributed by atoms with E-state index in [1.165, 1.54) is 30.3 Å². The maximum atomic E-state index is 6.00. The molecule has 1 aliphatic rings. The van der Waals surface area contributed by atoms with E-state index in [4.69, 9.17) is 5.73 Å². The summed E-state index contributed by atoms with van der Waals surface area (Å²) in [5.74, 6) is 0.579. The van der Waals surface area contributed by atoms with Crippen LogP contribution in [0.3, 0.4) is 0 Å². The average Bonchev–Trinajstić information content (AvgIpc) is 3.23. The Balaban J connectivity index is 0.00000225. The van der Waals surface area contributed by atoms with Crippen LogP contribution in [0.15, 0.2) is 41.5 Å². The SMILES string of the molecule is CCN1CCCC1CN=C(N)NCCCn1ccc2ccccc21.I. The second-order valence-electron chi connectivity index (χ2n) is 6.50. The molecule has 5 nitrogen and oxygen atoms in total. The molecule has 138 valence electrons. The fourth-order valence-corrected chi connectivity index (χ4v) is 3.58. The van der Waals surface area contributed by atoms with E-state index in [9.17, 15) is 0 Å². The molecule has 2 aromatic rings. The molecular formula is C19H30IN5. The third-order valence-electron chi connectivity index (χ3n) is 4.94. The number of nitrogens with two attached hydrogens (primary N) is 1. The Bertz CT molecular complexity index is 681. The third-order valence-corrected chi connectivity index (χ3v) is 4.94. The largest absolute Gasteiger partial charge is 0.370 e. The van der Waals surface area contributed by atoms with Gasteiger partial charge in [-0.15, -0.1) is 24.0 Å². The van der Waals surface area contributed by atoms with Crippen LogP contribution in [0.5, 0.6) is 0 Å². The van der Waals surface area contributed by atoms with Crippen molar-refractivity contribution in [3.05, 3.63) is 36.5 Å². The topological polar surface area (TPSA) is 58.6 Å². The number of halogens is 1.